The first-order valence-corrected chi connectivity index (χ1v) is 11.1. The second kappa shape index (κ2) is 8.85. The lowest BCUT2D eigenvalue weighted by atomic mass is 10.1. The highest BCUT2D eigenvalue weighted by Gasteiger charge is 2.21. The number of aromatic nitrogens is 1. The number of hydrogen-bond donors (Lipinski definition) is 1. The predicted molar refractivity (Wildman–Crippen MR) is 118 cm³/mol. The van der Waals surface area contributed by atoms with E-state index in [1.54, 1.807) is 50.5 Å². The maximum atomic E-state index is 13.0. The molecule has 1 N–H and O–H groups in total. The number of hydrogen-bond acceptors (Lipinski definition) is 4. The fraction of sp³-hybridized carbons (Fsp3) is 0.182. The monoisotopic (exact) mass is 443 g/mol. The van der Waals surface area contributed by atoms with Gasteiger partial charge in [-0.3, -0.25) is 9.52 Å². The van der Waals surface area contributed by atoms with Crippen molar-refractivity contribution in [2.45, 2.75) is 25.3 Å². The molecule has 6 nitrogen and oxygen atoms in total. The summed E-state index contributed by atoms with van der Waals surface area (Å²) < 4.78 is 28.3. The lowest BCUT2D eigenvalue weighted by Gasteiger charge is -2.19. The third-order valence-electron chi connectivity index (χ3n) is 4.69. The molecule has 156 valence electrons. The molecule has 1 heterocycles. The van der Waals surface area contributed by atoms with Gasteiger partial charge in [-0.25, -0.2) is 13.4 Å². The SMILES string of the molecule is Cc1ccccc1NS(=O)(=O)c1ccc(C)c(C(=O)N(C)Cc2ccc(Cl)nc2)c1. The number of amides is 1. The predicted octanol–water partition coefficient (Wildman–Crippen LogP) is 4.42. The smallest absolute Gasteiger partial charge is 0.261 e. The number of nitrogens with zero attached hydrogens (tertiary/aromatic N) is 2. The molecule has 0 radical (unpaired) electrons. The number of pyridine rings is 1. The Morgan fingerprint density at radius 2 is 1.80 bits per heavy atom. The van der Waals surface area contributed by atoms with Crippen molar-refractivity contribution >= 4 is 33.2 Å². The van der Waals surface area contributed by atoms with E-state index >= 15 is 0 Å². The van der Waals surface area contributed by atoms with Gasteiger partial charge in [0.05, 0.1) is 10.6 Å². The molecule has 30 heavy (non-hydrogen) atoms. The molecule has 0 unspecified atom stereocenters. The van der Waals surface area contributed by atoms with Crippen molar-refractivity contribution in [2.24, 2.45) is 0 Å². The van der Waals surface area contributed by atoms with E-state index in [4.69, 9.17) is 11.6 Å². The largest absolute Gasteiger partial charge is 0.337 e. The maximum Gasteiger partial charge on any atom is 0.261 e. The fourth-order valence-electron chi connectivity index (χ4n) is 2.94. The van der Waals surface area contributed by atoms with Crippen molar-refractivity contribution in [3.8, 4) is 0 Å². The van der Waals surface area contributed by atoms with Crippen LogP contribution in [0.4, 0.5) is 5.69 Å². The summed E-state index contributed by atoms with van der Waals surface area (Å²) in [5.41, 5.74) is 3.14. The Morgan fingerprint density at radius 1 is 1.07 bits per heavy atom. The van der Waals surface area contributed by atoms with E-state index in [0.29, 0.717) is 28.5 Å². The molecular weight excluding hydrogens is 422 g/mol. The Kier molecular flexibility index (Phi) is 6.43. The zero-order valence-corrected chi connectivity index (χ0v) is 18.5. The molecule has 3 rings (SSSR count). The average Bonchev–Trinajstić information content (AvgIpc) is 2.71. The highest BCUT2D eigenvalue weighted by Crippen LogP contribution is 2.22. The molecule has 0 aliphatic rings. The molecule has 8 heteroatoms. The van der Waals surface area contributed by atoms with Crippen LogP contribution in [0.2, 0.25) is 5.15 Å². The zero-order chi connectivity index (χ0) is 21.9. The standard InChI is InChI=1S/C22H22ClN3O3S/c1-15-8-10-18(30(28,29)25-20-7-5-4-6-16(20)2)12-19(15)22(27)26(3)14-17-9-11-21(23)24-13-17/h4-13,25H,14H2,1-3H3. The van der Waals surface area contributed by atoms with Gasteiger partial charge in [-0.15, -0.1) is 0 Å². The first-order valence-electron chi connectivity index (χ1n) is 9.22. The second-order valence-corrected chi connectivity index (χ2v) is 9.12. The summed E-state index contributed by atoms with van der Waals surface area (Å²) >= 11 is 5.80. The molecule has 0 atom stereocenters. The number of aryl methyl sites for hydroxylation is 2. The first kappa shape index (κ1) is 21.8. The van der Waals surface area contributed by atoms with E-state index in [1.165, 1.54) is 17.0 Å². The van der Waals surface area contributed by atoms with Gasteiger partial charge in [-0.1, -0.05) is 41.9 Å². The zero-order valence-electron chi connectivity index (χ0n) is 16.9. The van der Waals surface area contributed by atoms with E-state index in [2.05, 4.69) is 9.71 Å². The van der Waals surface area contributed by atoms with E-state index in [0.717, 1.165) is 11.1 Å². The van der Waals surface area contributed by atoms with Crippen LogP contribution in [-0.2, 0) is 16.6 Å². The molecule has 0 saturated carbocycles. The lowest BCUT2D eigenvalue weighted by Crippen LogP contribution is -2.27. The van der Waals surface area contributed by atoms with Crippen molar-refractivity contribution in [1.82, 2.24) is 9.88 Å². The van der Waals surface area contributed by atoms with Crippen molar-refractivity contribution in [3.63, 3.8) is 0 Å². The molecule has 0 spiro atoms. The normalized spacial score (nSPS) is 11.2. The molecule has 0 aliphatic heterocycles. The van der Waals surface area contributed by atoms with Gasteiger partial charge in [0.25, 0.3) is 15.9 Å². The lowest BCUT2D eigenvalue weighted by molar-refractivity contribution is 0.0784. The van der Waals surface area contributed by atoms with Crippen LogP contribution < -0.4 is 4.72 Å². The van der Waals surface area contributed by atoms with Gasteiger partial charge in [-0.2, -0.15) is 0 Å². The molecule has 3 aromatic rings. The highest BCUT2D eigenvalue weighted by molar-refractivity contribution is 7.92. The van der Waals surface area contributed by atoms with Crippen molar-refractivity contribution in [2.75, 3.05) is 11.8 Å². The number of sulfonamides is 1. The van der Waals surface area contributed by atoms with E-state index < -0.39 is 10.0 Å². The molecular formula is C22H22ClN3O3S. The number of carbonyl (C=O) groups is 1. The third kappa shape index (κ3) is 4.98. The summed E-state index contributed by atoms with van der Waals surface area (Å²) in [7, 11) is -2.19. The Balaban J connectivity index is 1.86. The van der Waals surface area contributed by atoms with E-state index in [1.807, 2.05) is 19.1 Å². The van der Waals surface area contributed by atoms with Crippen molar-refractivity contribution < 1.29 is 13.2 Å². The van der Waals surface area contributed by atoms with Crippen LogP contribution in [0, 0.1) is 13.8 Å². The Labute approximate surface area is 181 Å². The van der Waals surface area contributed by atoms with Crippen molar-refractivity contribution in [3.05, 3.63) is 88.2 Å². The van der Waals surface area contributed by atoms with Crippen LogP contribution in [0.3, 0.4) is 0 Å². The summed E-state index contributed by atoms with van der Waals surface area (Å²) in [6.07, 6.45) is 1.60. The van der Waals surface area contributed by atoms with Crippen LogP contribution in [0.15, 0.2) is 65.7 Å². The minimum Gasteiger partial charge on any atom is -0.337 e. The molecule has 0 aliphatic carbocycles. The van der Waals surface area contributed by atoms with Gasteiger partial charge in [-0.05, 0) is 54.8 Å². The average molecular weight is 444 g/mol. The molecule has 0 fully saturated rings. The molecule has 2 aromatic carbocycles. The van der Waals surface area contributed by atoms with Crippen LogP contribution in [0.1, 0.15) is 27.0 Å². The van der Waals surface area contributed by atoms with Gasteiger partial charge >= 0.3 is 0 Å². The van der Waals surface area contributed by atoms with Gasteiger partial charge in [0.2, 0.25) is 0 Å². The van der Waals surface area contributed by atoms with Crippen LogP contribution in [0.5, 0.6) is 0 Å². The van der Waals surface area contributed by atoms with Crippen LogP contribution in [-0.4, -0.2) is 31.3 Å². The fourth-order valence-corrected chi connectivity index (χ4v) is 4.21. The summed E-state index contributed by atoms with van der Waals surface area (Å²) in [5, 5.41) is 0.377. The molecule has 1 aromatic heterocycles. The number of halogens is 1. The number of para-hydroxylation sites is 1. The van der Waals surface area contributed by atoms with E-state index in [-0.39, 0.29) is 10.8 Å². The quantitative estimate of drug-likeness (QED) is 0.572. The van der Waals surface area contributed by atoms with Crippen molar-refractivity contribution in [1.29, 1.82) is 0 Å². The Morgan fingerprint density at radius 3 is 2.47 bits per heavy atom. The number of nitrogens with one attached hydrogen (secondary N) is 1. The minimum absolute atomic E-state index is 0.0289. The third-order valence-corrected chi connectivity index (χ3v) is 6.28. The van der Waals surface area contributed by atoms with Crippen LogP contribution >= 0.6 is 11.6 Å². The Hall–Kier alpha value is -2.90. The highest BCUT2D eigenvalue weighted by atomic mass is 35.5. The number of anilines is 1. The summed E-state index contributed by atoms with van der Waals surface area (Å²) in [6.45, 7) is 3.92. The maximum absolute atomic E-state index is 13.0. The molecule has 1 amide bonds. The first-order chi connectivity index (χ1) is 14.2. The second-order valence-electron chi connectivity index (χ2n) is 7.05. The minimum atomic E-state index is -3.84. The summed E-state index contributed by atoms with van der Waals surface area (Å²) in [5.74, 6) is -0.282. The van der Waals surface area contributed by atoms with Gasteiger partial charge < -0.3 is 4.90 Å². The Bertz CT molecular complexity index is 1180. The molecule has 0 saturated heterocycles. The topological polar surface area (TPSA) is 79.4 Å². The van der Waals surface area contributed by atoms with Gasteiger partial charge in [0.1, 0.15) is 5.15 Å². The van der Waals surface area contributed by atoms with Gasteiger partial charge in [0, 0.05) is 25.4 Å². The molecule has 0 bridgehead atoms. The van der Waals surface area contributed by atoms with Crippen LogP contribution in [0.25, 0.3) is 0 Å². The number of benzene rings is 2. The van der Waals surface area contributed by atoms with Gasteiger partial charge in [0.15, 0.2) is 0 Å². The number of rotatable bonds is 6. The van der Waals surface area contributed by atoms with E-state index in [9.17, 15) is 13.2 Å². The number of carbonyl (C=O) groups excluding carboxylic acids is 1. The summed E-state index contributed by atoms with van der Waals surface area (Å²) in [6, 6.07) is 15.1. The summed E-state index contributed by atoms with van der Waals surface area (Å²) in [4.78, 5) is 18.5.